The van der Waals surface area contributed by atoms with Gasteiger partial charge in [-0.2, -0.15) is 0 Å². The number of hydrogen-bond donors (Lipinski definition) is 1. The van der Waals surface area contributed by atoms with Crippen LogP contribution in [0.2, 0.25) is 0 Å². The fourth-order valence-corrected chi connectivity index (χ4v) is 4.68. The molecule has 1 N–H and O–H groups in total. The number of thiophene rings is 1. The number of hydrogen-bond acceptors (Lipinski definition) is 6. The summed E-state index contributed by atoms with van der Waals surface area (Å²) < 4.78 is 25.7. The Labute approximate surface area is 192 Å². The molecule has 2 aromatic carbocycles. The van der Waals surface area contributed by atoms with E-state index in [2.05, 4.69) is 10.3 Å². The molecule has 1 aliphatic heterocycles. The lowest BCUT2D eigenvalue weighted by Gasteiger charge is -2.21. The lowest BCUT2D eigenvalue weighted by atomic mass is 10.1. The van der Waals surface area contributed by atoms with E-state index < -0.39 is 0 Å². The molecule has 1 amide bonds. The van der Waals surface area contributed by atoms with E-state index >= 15 is 0 Å². The molecule has 7 nitrogen and oxygen atoms in total. The molecule has 0 fully saturated rings. The number of rotatable bonds is 5. The van der Waals surface area contributed by atoms with Crippen LogP contribution in [0, 0.1) is 5.82 Å². The Morgan fingerprint density at radius 2 is 1.94 bits per heavy atom. The zero-order valence-electron chi connectivity index (χ0n) is 17.7. The molecule has 3 heterocycles. The number of halogens is 1. The van der Waals surface area contributed by atoms with E-state index in [1.165, 1.54) is 34.4 Å². The first kappa shape index (κ1) is 21.1. The lowest BCUT2D eigenvalue weighted by molar-refractivity contribution is -0.122. The number of carbonyl (C=O) groups excluding carboxylic acids is 1. The molecule has 1 aliphatic rings. The van der Waals surface area contributed by atoms with Crippen molar-refractivity contribution >= 4 is 27.5 Å². The minimum absolute atomic E-state index is 0.171. The Hall–Kier alpha value is -3.72. The van der Waals surface area contributed by atoms with Crippen molar-refractivity contribution in [3.63, 3.8) is 0 Å². The van der Waals surface area contributed by atoms with Gasteiger partial charge in [-0.1, -0.05) is 18.2 Å². The number of nitrogens with one attached hydrogen (secondary N) is 1. The van der Waals surface area contributed by atoms with Gasteiger partial charge >= 0.3 is 0 Å². The second kappa shape index (κ2) is 8.67. The van der Waals surface area contributed by atoms with Crippen molar-refractivity contribution in [3.05, 3.63) is 75.9 Å². The number of aromatic nitrogens is 2. The van der Waals surface area contributed by atoms with Gasteiger partial charge in [-0.3, -0.25) is 14.2 Å². The molecular weight excluding hydrogens is 445 g/mol. The Morgan fingerprint density at radius 1 is 1.18 bits per heavy atom. The van der Waals surface area contributed by atoms with Crippen molar-refractivity contribution < 1.29 is 18.7 Å². The van der Waals surface area contributed by atoms with Crippen LogP contribution in [0.15, 0.2) is 59.0 Å². The van der Waals surface area contributed by atoms with E-state index in [-0.39, 0.29) is 29.9 Å². The fraction of sp³-hybridized carbons (Fsp3) is 0.208. The molecule has 4 aromatic rings. The smallest absolute Gasteiger partial charge is 0.263 e. The molecule has 33 heavy (non-hydrogen) atoms. The van der Waals surface area contributed by atoms with Gasteiger partial charge in [0.15, 0.2) is 11.5 Å². The first-order valence-corrected chi connectivity index (χ1v) is 11.3. The fourth-order valence-electron chi connectivity index (χ4n) is 3.78. The van der Waals surface area contributed by atoms with Crippen LogP contribution >= 0.6 is 11.3 Å². The summed E-state index contributed by atoms with van der Waals surface area (Å²) >= 11 is 1.33. The van der Waals surface area contributed by atoms with Crippen LogP contribution in [0.4, 0.5) is 4.39 Å². The molecule has 1 atom stereocenters. The first-order chi connectivity index (χ1) is 16.0. The molecule has 0 saturated heterocycles. The van der Waals surface area contributed by atoms with Gasteiger partial charge in [0.05, 0.1) is 17.8 Å². The van der Waals surface area contributed by atoms with Crippen molar-refractivity contribution in [2.75, 3.05) is 13.2 Å². The van der Waals surface area contributed by atoms with E-state index in [1.54, 1.807) is 12.1 Å². The van der Waals surface area contributed by atoms with Crippen molar-refractivity contribution in [1.29, 1.82) is 0 Å². The molecule has 0 spiro atoms. The Kier molecular flexibility index (Phi) is 5.55. The number of fused-ring (bicyclic) bond motifs is 2. The maximum atomic E-state index is 13.3. The molecule has 0 bridgehead atoms. The standard InChI is InChI=1S/C24H20FN3O4S/c1-14(16-4-7-19-20(10-16)32-9-8-31-19)27-21(29)11-28-13-26-23-22(24(28)30)18(12-33-23)15-2-5-17(25)6-3-15/h2-7,10,12-14H,8-9,11H2,1H3,(H,27,29)/t14-/m1/s1. The van der Waals surface area contributed by atoms with Gasteiger partial charge in [0.2, 0.25) is 5.91 Å². The van der Waals surface area contributed by atoms with Gasteiger partial charge in [-0.25, -0.2) is 9.37 Å². The summed E-state index contributed by atoms with van der Waals surface area (Å²) in [6, 6.07) is 11.2. The molecule has 168 valence electrons. The zero-order chi connectivity index (χ0) is 22.9. The highest BCUT2D eigenvalue weighted by Crippen LogP contribution is 2.33. The Morgan fingerprint density at radius 3 is 2.73 bits per heavy atom. The predicted molar refractivity (Wildman–Crippen MR) is 123 cm³/mol. The molecule has 0 saturated carbocycles. The molecule has 2 aromatic heterocycles. The molecule has 0 aliphatic carbocycles. The molecule has 0 unspecified atom stereocenters. The highest BCUT2D eigenvalue weighted by molar-refractivity contribution is 7.17. The normalized spacial score (nSPS) is 13.6. The first-order valence-electron chi connectivity index (χ1n) is 10.4. The second-order valence-corrected chi connectivity index (χ2v) is 8.56. The maximum Gasteiger partial charge on any atom is 0.263 e. The summed E-state index contributed by atoms with van der Waals surface area (Å²) in [6.07, 6.45) is 1.38. The van der Waals surface area contributed by atoms with Crippen LogP contribution in [0.3, 0.4) is 0 Å². The number of nitrogens with zero attached hydrogens (tertiary/aromatic N) is 2. The highest BCUT2D eigenvalue weighted by atomic mass is 32.1. The van der Waals surface area contributed by atoms with Crippen LogP contribution < -0.4 is 20.3 Å². The molecular formula is C24H20FN3O4S. The monoisotopic (exact) mass is 465 g/mol. The topological polar surface area (TPSA) is 82.5 Å². The van der Waals surface area contributed by atoms with Crippen molar-refractivity contribution in [1.82, 2.24) is 14.9 Å². The van der Waals surface area contributed by atoms with E-state index in [9.17, 15) is 14.0 Å². The molecule has 0 radical (unpaired) electrons. The van der Waals surface area contributed by atoms with E-state index in [0.29, 0.717) is 40.5 Å². The van der Waals surface area contributed by atoms with Crippen LogP contribution in [-0.4, -0.2) is 28.7 Å². The van der Waals surface area contributed by atoms with Gasteiger partial charge in [0, 0.05) is 10.9 Å². The Bertz CT molecular complexity index is 1400. The van der Waals surface area contributed by atoms with Crippen molar-refractivity contribution in [2.45, 2.75) is 19.5 Å². The highest BCUT2D eigenvalue weighted by Gasteiger charge is 2.18. The third kappa shape index (κ3) is 4.19. The third-order valence-corrected chi connectivity index (χ3v) is 6.36. The van der Waals surface area contributed by atoms with Crippen LogP contribution in [0.25, 0.3) is 21.3 Å². The SMILES string of the molecule is C[C@@H](NC(=O)Cn1cnc2scc(-c3ccc(F)cc3)c2c1=O)c1ccc2c(c1)OCCO2. The van der Waals surface area contributed by atoms with Gasteiger partial charge in [0.25, 0.3) is 5.56 Å². The predicted octanol–water partition coefficient (Wildman–Crippen LogP) is 3.91. The summed E-state index contributed by atoms with van der Waals surface area (Å²) in [5.41, 5.74) is 1.94. The third-order valence-electron chi connectivity index (χ3n) is 5.47. The van der Waals surface area contributed by atoms with Crippen molar-refractivity contribution in [2.24, 2.45) is 0 Å². The van der Waals surface area contributed by atoms with Crippen molar-refractivity contribution in [3.8, 4) is 22.6 Å². The average Bonchev–Trinajstić information content (AvgIpc) is 3.26. The maximum absolute atomic E-state index is 13.3. The number of benzene rings is 2. The summed E-state index contributed by atoms with van der Waals surface area (Å²) in [5, 5.41) is 5.15. The second-order valence-electron chi connectivity index (χ2n) is 7.71. The van der Waals surface area contributed by atoms with Crippen LogP contribution in [-0.2, 0) is 11.3 Å². The van der Waals surface area contributed by atoms with Gasteiger partial charge < -0.3 is 14.8 Å². The average molecular weight is 466 g/mol. The van der Waals surface area contributed by atoms with E-state index in [0.717, 1.165) is 11.1 Å². The number of carbonyl (C=O) groups is 1. The summed E-state index contributed by atoms with van der Waals surface area (Å²) in [7, 11) is 0. The van der Waals surface area contributed by atoms with E-state index in [4.69, 9.17) is 9.47 Å². The molecule has 5 rings (SSSR count). The van der Waals surface area contributed by atoms with Gasteiger partial charge in [0.1, 0.15) is 30.4 Å². The zero-order valence-corrected chi connectivity index (χ0v) is 18.5. The summed E-state index contributed by atoms with van der Waals surface area (Å²) in [5.74, 6) is 0.663. The summed E-state index contributed by atoms with van der Waals surface area (Å²) in [6.45, 7) is 2.69. The van der Waals surface area contributed by atoms with Crippen LogP contribution in [0.5, 0.6) is 11.5 Å². The van der Waals surface area contributed by atoms with E-state index in [1.807, 2.05) is 30.5 Å². The van der Waals surface area contributed by atoms with Gasteiger partial charge in [-0.05, 0) is 42.3 Å². The number of amides is 1. The van der Waals surface area contributed by atoms with Gasteiger partial charge in [-0.15, -0.1) is 11.3 Å². The number of ether oxygens (including phenoxy) is 2. The summed E-state index contributed by atoms with van der Waals surface area (Å²) in [4.78, 5) is 30.8. The quantitative estimate of drug-likeness (QED) is 0.483. The Balaban J connectivity index is 1.36. The lowest BCUT2D eigenvalue weighted by Crippen LogP contribution is -2.34. The molecule has 9 heteroatoms. The van der Waals surface area contributed by atoms with Crippen LogP contribution in [0.1, 0.15) is 18.5 Å². The largest absolute Gasteiger partial charge is 0.486 e. The minimum atomic E-state index is -0.349. The minimum Gasteiger partial charge on any atom is -0.486 e.